The first-order chi connectivity index (χ1) is 12.7. The number of hydrogen-bond acceptors (Lipinski definition) is 5. The Morgan fingerprint density at radius 2 is 1.81 bits per heavy atom. The molecule has 0 amide bonds. The first-order valence-corrected chi connectivity index (χ1v) is 10.9. The number of benzene rings is 2. The van der Waals surface area contributed by atoms with Crippen molar-refractivity contribution < 1.29 is 18.3 Å². The number of aliphatic hydroxyl groups is 1. The van der Waals surface area contributed by atoms with Crippen LogP contribution in [0.4, 0.5) is 5.69 Å². The number of sulfonamides is 1. The summed E-state index contributed by atoms with van der Waals surface area (Å²) in [6.45, 7) is 6.47. The maximum Gasteiger partial charge on any atom is 0.261 e. The summed E-state index contributed by atoms with van der Waals surface area (Å²) in [7, 11) is -3.66. The number of halogens is 1. The first kappa shape index (κ1) is 21.7. The van der Waals surface area contributed by atoms with E-state index in [1.807, 2.05) is 20.8 Å². The molecule has 0 aliphatic carbocycles. The fourth-order valence-electron chi connectivity index (χ4n) is 2.23. The van der Waals surface area contributed by atoms with E-state index in [-0.39, 0.29) is 17.5 Å². The van der Waals surface area contributed by atoms with Gasteiger partial charge in [0.05, 0.1) is 15.1 Å². The van der Waals surface area contributed by atoms with Gasteiger partial charge in [-0.15, -0.1) is 0 Å². The lowest BCUT2D eigenvalue weighted by Gasteiger charge is -2.16. The van der Waals surface area contributed by atoms with Crippen LogP contribution in [0.5, 0.6) is 5.75 Å². The Morgan fingerprint density at radius 3 is 2.41 bits per heavy atom. The van der Waals surface area contributed by atoms with Crippen molar-refractivity contribution in [1.29, 1.82) is 0 Å². The molecule has 1 atom stereocenters. The molecule has 0 fully saturated rings. The van der Waals surface area contributed by atoms with Gasteiger partial charge in [-0.2, -0.15) is 0 Å². The Kier molecular flexibility index (Phi) is 7.67. The lowest BCUT2D eigenvalue weighted by molar-refractivity contribution is 0.104. The van der Waals surface area contributed by atoms with E-state index in [1.54, 1.807) is 42.5 Å². The van der Waals surface area contributed by atoms with Gasteiger partial charge in [-0.3, -0.25) is 4.72 Å². The summed E-state index contributed by atoms with van der Waals surface area (Å²) in [5.74, 6) is 0.525. The van der Waals surface area contributed by atoms with Gasteiger partial charge in [-0.25, -0.2) is 8.42 Å². The van der Waals surface area contributed by atoms with Gasteiger partial charge in [0.1, 0.15) is 18.5 Å². The summed E-state index contributed by atoms with van der Waals surface area (Å²) in [4.78, 5) is 0.199. The van der Waals surface area contributed by atoms with Crippen molar-refractivity contribution in [1.82, 2.24) is 5.32 Å². The van der Waals surface area contributed by atoms with Crippen molar-refractivity contribution >= 4 is 31.6 Å². The molecular weight excluding hydrogens is 432 g/mol. The van der Waals surface area contributed by atoms with Gasteiger partial charge in [0, 0.05) is 12.6 Å². The van der Waals surface area contributed by atoms with E-state index < -0.39 is 16.1 Å². The first-order valence-electron chi connectivity index (χ1n) is 8.60. The molecule has 0 aromatic heterocycles. The number of rotatable bonds is 9. The SMILES string of the molecule is Cc1ccc(S(=O)(=O)Nc2ccc(OCC(O)CNC(C)C)c(Br)c2)cc1. The van der Waals surface area contributed by atoms with Crippen LogP contribution < -0.4 is 14.8 Å². The van der Waals surface area contributed by atoms with E-state index in [9.17, 15) is 13.5 Å². The highest BCUT2D eigenvalue weighted by Gasteiger charge is 2.15. The topological polar surface area (TPSA) is 87.7 Å². The number of aliphatic hydroxyl groups excluding tert-OH is 1. The third-order valence-corrected chi connectivity index (χ3v) is 5.73. The molecule has 2 aromatic rings. The molecule has 0 spiro atoms. The average molecular weight is 457 g/mol. The van der Waals surface area contributed by atoms with Crippen molar-refractivity contribution in [3.8, 4) is 5.75 Å². The van der Waals surface area contributed by atoms with Gasteiger partial charge < -0.3 is 15.2 Å². The normalized spacial score (nSPS) is 12.8. The Hall–Kier alpha value is -1.61. The molecule has 0 heterocycles. The molecule has 3 N–H and O–H groups in total. The molecule has 1 unspecified atom stereocenters. The molecule has 2 rings (SSSR count). The Bertz CT molecular complexity index is 855. The van der Waals surface area contributed by atoms with Crippen LogP contribution >= 0.6 is 15.9 Å². The Labute approximate surface area is 169 Å². The van der Waals surface area contributed by atoms with Crippen LogP contribution in [0.2, 0.25) is 0 Å². The zero-order valence-corrected chi connectivity index (χ0v) is 18.0. The predicted molar refractivity (Wildman–Crippen MR) is 111 cm³/mol. The summed E-state index contributed by atoms with van der Waals surface area (Å²) in [6, 6.07) is 11.8. The molecule has 2 aromatic carbocycles. The summed E-state index contributed by atoms with van der Waals surface area (Å²) >= 11 is 3.38. The van der Waals surface area contributed by atoms with Crippen LogP contribution in [-0.4, -0.2) is 38.8 Å². The van der Waals surface area contributed by atoms with Crippen molar-refractivity contribution in [3.63, 3.8) is 0 Å². The van der Waals surface area contributed by atoms with Gasteiger partial charge in [-0.1, -0.05) is 31.5 Å². The molecule has 6 nitrogen and oxygen atoms in total. The molecular formula is C19H25BrN2O4S. The van der Waals surface area contributed by atoms with E-state index in [0.717, 1.165) is 5.56 Å². The van der Waals surface area contributed by atoms with Crippen LogP contribution in [0.3, 0.4) is 0 Å². The molecule has 8 heteroatoms. The third-order valence-electron chi connectivity index (χ3n) is 3.71. The highest BCUT2D eigenvalue weighted by atomic mass is 79.9. The molecule has 0 bridgehead atoms. The highest BCUT2D eigenvalue weighted by molar-refractivity contribution is 9.10. The zero-order valence-electron chi connectivity index (χ0n) is 15.6. The minimum absolute atomic E-state index is 0.132. The fraction of sp³-hybridized carbons (Fsp3) is 0.368. The van der Waals surface area contributed by atoms with E-state index in [4.69, 9.17) is 4.74 Å². The molecule has 0 radical (unpaired) electrons. The lowest BCUT2D eigenvalue weighted by atomic mass is 10.2. The number of ether oxygens (including phenoxy) is 1. The van der Waals surface area contributed by atoms with Crippen molar-refractivity contribution in [3.05, 3.63) is 52.5 Å². The summed E-state index contributed by atoms with van der Waals surface area (Å²) in [5, 5.41) is 13.0. The van der Waals surface area contributed by atoms with Crippen LogP contribution in [0, 0.1) is 6.92 Å². The van der Waals surface area contributed by atoms with Crippen LogP contribution in [0.15, 0.2) is 51.8 Å². The number of hydrogen-bond donors (Lipinski definition) is 3. The number of nitrogens with one attached hydrogen (secondary N) is 2. The fourth-order valence-corrected chi connectivity index (χ4v) is 3.77. The maximum atomic E-state index is 12.5. The quantitative estimate of drug-likeness (QED) is 0.538. The van der Waals surface area contributed by atoms with Gasteiger partial charge >= 0.3 is 0 Å². The Morgan fingerprint density at radius 1 is 1.15 bits per heavy atom. The summed E-state index contributed by atoms with van der Waals surface area (Å²) in [6.07, 6.45) is -0.640. The monoisotopic (exact) mass is 456 g/mol. The second-order valence-electron chi connectivity index (χ2n) is 6.59. The van der Waals surface area contributed by atoms with Crippen LogP contribution in [0.25, 0.3) is 0 Å². The molecule has 0 saturated heterocycles. The van der Waals surface area contributed by atoms with Gasteiger partial charge in [-0.05, 0) is 53.2 Å². The molecule has 148 valence electrons. The van der Waals surface area contributed by atoms with Crippen molar-refractivity contribution in [2.45, 2.75) is 37.8 Å². The van der Waals surface area contributed by atoms with Gasteiger partial charge in [0.15, 0.2) is 0 Å². The molecule has 0 aliphatic heterocycles. The van der Waals surface area contributed by atoms with E-state index >= 15 is 0 Å². The van der Waals surface area contributed by atoms with Crippen LogP contribution in [0.1, 0.15) is 19.4 Å². The third kappa shape index (κ3) is 6.80. The standard InChI is InChI=1S/C19H25BrN2O4S/c1-13(2)21-11-16(23)12-26-19-9-6-15(10-18(19)20)22-27(24,25)17-7-4-14(3)5-8-17/h4-10,13,16,21-23H,11-12H2,1-3H3. The molecule has 0 saturated carbocycles. The maximum absolute atomic E-state index is 12.5. The molecule has 0 aliphatic rings. The minimum atomic E-state index is -3.66. The smallest absolute Gasteiger partial charge is 0.261 e. The van der Waals surface area contributed by atoms with Crippen LogP contribution in [-0.2, 0) is 10.0 Å². The number of aryl methyl sites for hydroxylation is 1. The second kappa shape index (κ2) is 9.54. The lowest BCUT2D eigenvalue weighted by Crippen LogP contribution is -2.35. The minimum Gasteiger partial charge on any atom is -0.490 e. The second-order valence-corrected chi connectivity index (χ2v) is 9.13. The highest BCUT2D eigenvalue weighted by Crippen LogP contribution is 2.29. The van der Waals surface area contributed by atoms with E-state index in [1.165, 1.54) is 0 Å². The van der Waals surface area contributed by atoms with Crippen molar-refractivity contribution in [2.75, 3.05) is 17.9 Å². The average Bonchev–Trinajstić information content (AvgIpc) is 2.59. The zero-order chi connectivity index (χ0) is 20.0. The predicted octanol–water partition coefficient (Wildman–Crippen LogP) is 3.30. The van der Waals surface area contributed by atoms with Crippen molar-refractivity contribution in [2.24, 2.45) is 0 Å². The molecule has 27 heavy (non-hydrogen) atoms. The van der Waals surface area contributed by atoms with E-state index in [0.29, 0.717) is 22.5 Å². The summed E-state index contributed by atoms with van der Waals surface area (Å²) < 4.78 is 33.6. The largest absolute Gasteiger partial charge is 0.490 e. The Balaban J connectivity index is 2.00. The number of anilines is 1. The van der Waals surface area contributed by atoms with Gasteiger partial charge in [0.25, 0.3) is 10.0 Å². The van der Waals surface area contributed by atoms with E-state index in [2.05, 4.69) is 26.0 Å². The summed E-state index contributed by atoms with van der Waals surface area (Å²) in [5.41, 5.74) is 1.40. The van der Waals surface area contributed by atoms with Gasteiger partial charge in [0.2, 0.25) is 0 Å².